The van der Waals surface area contributed by atoms with Crippen molar-refractivity contribution in [2.24, 2.45) is 0 Å². The summed E-state index contributed by atoms with van der Waals surface area (Å²) in [5.74, 6) is 0. The van der Waals surface area contributed by atoms with Crippen LogP contribution in [0.15, 0.2) is 59.7 Å². The van der Waals surface area contributed by atoms with E-state index in [1.165, 1.54) is 36.5 Å². The van der Waals surface area contributed by atoms with Gasteiger partial charge in [0.2, 0.25) is 0 Å². The van der Waals surface area contributed by atoms with E-state index in [4.69, 9.17) is 19.8 Å². The lowest BCUT2D eigenvalue weighted by Crippen LogP contribution is -1.97. The minimum absolute atomic E-state index is 0.111. The molecule has 0 spiro atoms. The normalized spacial score (nSPS) is 15.6. The summed E-state index contributed by atoms with van der Waals surface area (Å²) in [7, 11) is -3.40. The molecular weight excluding hydrogens is 344 g/mol. The van der Waals surface area contributed by atoms with Crippen molar-refractivity contribution in [3.05, 3.63) is 65.5 Å². The van der Waals surface area contributed by atoms with Crippen LogP contribution in [0.2, 0.25) is 5.02 Å². The zero-order valence-electron chi connectivity index (χ0n) is 18.5. The summed E-state index contributed by atoms with van der Waals surface area (Å²) in [4.78, 5) is 8.04. The van der Waals surface area contributed by atoms with Gasteiger partial charge in [-0.1, -0.05) is 23.7 Å². The highest BCUT2D eigenvalue weighted by atomic mass is 35.5. The second kappa shape index (κ2) is 6.34. The summed E-state index contributed by atoms with van der Waals surface area (Å²) in [5.41, 5.74) is 0.255. The number of hydrogen-bond acceptors (Lipinski definition) is 4. The highest BCUT2D eigenvalue weighted by Crippen LogP contribution is 2.32. The lowest BCUT2D eigenvalue weighted by Gasteiger charge is -2.10. The molecule has 0 fully saturated rings. The van der Waals surface area contributed by atoms with E-state index in [1.807, 2.05) is 0 Å². The maximum Gasteiger partial charge on any atom is 0.175 e. The first-order valence-corrected chi connectivity index (χ1v) is 9.02. The molecule has 122 valence electrons. The lowest BCUT2D eigenvalue weighted by molar-refractivity contribution is 0.602. The Bertz CT molecular complexity index is 1250. The Balaban J connectivity index is 2.26. The van der Waals surface area contributed by atoms with Crippen molar-refractivity contribution in [3.8, 4) is 22.4 Å². The monoisotopic (exact) mass is 364 g/mol. The molecule has 0 bridgehead atoms. The molecule has 0 saturated heterocycles. The first kappa shape index (κ1) is 10.6. The van der Waals surface area contributed by atoms with Crippen molar-refractivity contribution in [1.82, 2.24) is 9.97 Å². The van der Waals surface area contributed by atoms with Crippen LogP contribution in [0.3, 0.4) is 0 Å². The molecule has 0 N–H and O–H groups in total. The maximum absolute atomic E-state index is 11.7. The van der Waals surface area contributed by atoms with E-state index in [1.54, 1.807) is 0 Å². The van der Waals surface area contributed by atoms with Crippen LogP contribution in [0, 0.1) is 6.85 Å². The highest BCUT2D eigenvalue weighted by molar-refractivity contribution is 7.90. The SMILES string of the molecule is [2H]c1nc(C([2H])([2H])[2H])c([2H])c([2H])c1-c1ncc(Cl)cc1-c1ccc(S(C)(=O)=O)cc1. The molecule has 0 saturated carbocycles. The van der Waals surface area contributed by atoms with Gasteiger partial charge in [0.25, 0.3) is 0 Å². The van der Waals surface area contributed by atoms with Gasteiger partial charge in [0.05, 0.1) is 19.7 Å². The van der Waals surface area contributed by atoms with Crippen LogP contribution in [0.5, 0.6) is 0 Å². The third-order valence-electron chi connectivity index (χ3n) is 3.27. The Hall–Kier alpha value is -2.24. The number of aromatic nitrogens is 2. The van der Waals surface area contributed by atoms with Gasteiger partial charge in [-0.15, -0.1) is 0 Å². The van der Waals surface area contributed by atoms with Crippen LogP contribution in [0.1, 0.15) is 13.9 Å². The molecule has 1 aromatic carbocycles. The summed E-state index contributed by atoms with van der Waals surface area (Å²) >= 11 is 6.07. The highest BCUT2D eigenvalue weighted by Gasteiger charge is 2.12. The fourth-order valence-corrected chi connectivity index (χ4v) is 2.93. The summed E-state index contributed by atoms with van der Waals surface area (Å²) in [5, 5.41) is 0.261. The summed E-state index contributed by atoms with van der Waals surface area (Å²) < 4.78 is 70.3. The molecule has 0 aliphatic carbocycles. The largest absolute Gasteiger partial charge is 0.261 e. The van der Waals surface area contributed by atoms with Crippen LogP contribution >= 0.6 is 11.6 Å². The van der Waals surface area contributed by atoms with Gasteiger partial charge in [-0.05, 0) is 42.7 Å². The molecule has 0 aliphatic rings. The van der Waals surface area contributed by atoms with Crippen molar-refractivity contribution < 1.29 is 16.6 Å². The molecule has 0 radical (unpaired) electrons. The van der Waals surface area contributed by atoms with Crippen LogP contribution in [0.4, 0.5) is 0 Å². The lowest BCUT2D eigenvalue weighted by atomic mass is 10.0. The molecule has 2 aromatic heterocycles. The van der Waals surface area contributed by atoms with Gasteiger partial charge in [-0.3, -0.25) is 9.97 Å². The van der Waals surface area contributed by atoms with Crippen molar-refractivity contribution in [2.45, 2.75) is 11.7 Å². The van der Waals surface area contributed by atoms with Crippen molar-refractivity contribution >= 4 is 21.4 Å². The van der Waals surface area contributed by atoms with Crippen LogP contribution < -0.4 is 0 Å². The number of aryl methyl sites for hydroxylation is 1. The summed E-state index contributed by atoms with van der Waals surface area (Å²) in [6.45, 7) is -2.74. The zero-order valence-corrected chi connectivity index (χ0v) is 14.0. The predicted molar refractivity (Wildman–Crippen MR) is 95.8 cm³/mol. The van der Waals surface area contributed by atoms with Crippen LogP contribution in [0.25, 0.3) is 22.4 Å². The van der Waals surface area contributed by atoms with Gasteiger partial charge >= 0.3 is 0 Å². The standard InChI is InChI=1S/C18H15ClN2O2S/c1-12-3-4-14(10-20-12)18-17(9-15(19)11-21-18)13-5-7-16(8-6-13)24(2,22)23/h3-11H,1-2H3/i1D3,3D,4D,10D. The van der Waals surface area contributed by atoms with Crippen molar-refractivity contribution in [2.75, 3.05) is 6.26 Å². The summed E-state index contributed by atoms with van der Waals surface area (Å²) in [6.07, 6.45) is 1.87. The van der Waals surface area contributed by atoms with Crippen LogP contribution in [-0.2, 0) is 9.84 Å². The molecule has 0 unspecified atom stereocenters. The Labute approximate surface area is 154 Å². The second-order valence-electron chi connectivity index (χ2n) is 5.04. The van der Waals surface area contributed by atoms with Gasteiger partial charge in [-0.25, -0.2) is 8.42 Å². The van der Waals surface area contributed by atoms with E-state index in [2.05, 4.69) is 9.97 Å². The number of nitrogens with zero attached hydrogens (tertiary/aromatic N) is 2. The molecule has 3 aromatic rings. The molecule has 0 amide bonds. The molecule has 3 rings (SSSR count). The van der Waals surface area contributed by atoms with E-state index >= 15 is 0 Å². The molecule has 2 heterocycles. The first-order valence-electron chi connectivity index (χ1n) is 9.75. The molecule has 0 atom stereocenters. The van der Waals surface area contributed by atoms with Gasteiger partial charge in [0.15, 0.2) is 9.84 Å². The maximum atomic E-state index is 11.7. The quantitative estimate of drug-likeness (QED) is 0.699. The van der Waals surface area contributed by atoms with E-state index in [0.29, 0.717) is 11.1 Å². The Morgan fingerprint density at radius 3 is 2.54 bits per heavy atom. The number of benzene rings is 1. The van der Waals surface area contributed by atoms with Gasteiger partial charge in [-0.2, -0.15) is 0 Å². The molecule has 24 heavy (non-hydrogen) atoms. The predicted octanol–water partition coefficient (Wildman–Crippen LogP) is 4.18. The van der Waals surface area contributed by atoms with Gasteiger partial charge in [0, 0.05) is 39.6 Å². The van der Waals surface area contributed by atoms with Crippen molar-refractivity contribution in [1.29, 1.82) is 0 Å². The number of rotatable bonds is 3. The van der Waals surface area contributed by atoms with E-state index in [-0.39, 0.29) is 21.2 Å². The van der Waals surface area contributed by atoms with E-state index in [9.17, 15) is 8.42 Å². The zero-order chi connectivity index (χ0) is 22.4. The fourth-order valence-electron chi connectivity index (χ4n) is 2.14. The van der Waals surface area contributed by atoms with E-state index < -0.39 is 40.6 Å². The minimum atomic E-state index is -3.40. The smallest absolute Gasteiger partial charge is 0.175 e. The second-order valence-corrected chi connectivity index (χ2v) is 7.50. The fraction of sp³-hybridized carbons (Fsp3) is 0.111. The average Bonchev–Trinajstić information content (AvgIpc) is 2.64. The third-order valence-corrected chi connectivity index (χ3v) is 4.61. The van der Waals surface area contributed by atoms with Crippen molar-refractivity contribution in [3.63, 3.8) is 0 Å². The Morgan fingerprint density at radius 2 is 1.88 bits per heavy atom. The number of hydrogen-bond donors (Lipinski definition) is 0. The average molecular weight is 365 g/mol. The Kier molecular flexibility index (Phi) is 2.80. The number of pyridine rings is 2. The summed E-state index contributed by atoms with van der Waals surface area (Å²) in [6, 6.07) is 6.30. The third kappa shape index (κ3) is 3.47. The molecule has 0 aliphatic heterocycles. The first-order chi connectivity index (χ1) is 13.8. The number of sulfone groups is 1. The minimum Gasteiger partial charge on any atom is -0.261 e. The topological polar surface area (TPSA) is 59.9 Å². The van der Waals surface area contributed by atoms with Crippen LogP contribution in [-0.4, -0.2) is 24.6 Å². The Morgan fingerprint density at radius 1 is 1.12 bits per heavy atom. The molecular formula is C18H15ClN2O2S. The molecule has 6 heteroatoms. The van der Waals surface area contributed by atoms with Gasteiger partial charge in [0.1, 0.15) is 0 Å². The number of halogens is 1. The van der Waals surface area contributed by atoms with Gasteiger partial charge < -0.3 is 0 Å². The molecule has 4 nitrogen and oxygen atoms in total. The van der Waals surface area contributed by atoms with E-state index in [0.717, 1.165) is 6.26 Å².